The van der Waals surface area contributed by atoms with Gasteiger partial charge in [-0.2, -0.15) is 0 Å². The molecule has 0 aliphatic heterocycles. The van der Waals surface area contributed by atoms with Gasteiger partial charge in [0.1, 0.15) is 0 Å². The van der Waals surface area contributed by atoms with Crippen molar-refractivity contribution < 1.29 is 9.90 Å². The fraction of sp³-hybridized carbons (Fsp3) is 0.286. The number of benzene rings is 1. The van der Waals surface area contributed by atoms with Gasteiger partial charge >= 0.3 is 6.03 Å². The summed E-state index contributed by atoms with van der Waals surface area (Å²) in [5, 5.41) is 15.5. The molecule has 5 nitrogen and oxygen atoms in total. The summed E-state index contributed by atoms with van der Waals surface area (Å²) in [5.41, 5.74) is 3.46. The molecule has 0 saturated heterocycles. The molecule has 1 aromatic carbocycles. The molecule has 2 amide bonds. The van der Waals surface area contributed by atoms with Crippen molar-refractivity contribution in [1.29, 1.82) is 0 Å². The fourth-order valence-corrected chi connectivity index (χ4v) is 2.64. The van der Waals surface area contributed by atoms with Crippen LogP contribution in [-0.2, 0) is 6.54 Å². The van der Waals surface area contributed by atoms with Gasteiger partial charge in [0.2, 0.25) is 0 Å². The summed E-state index contributed by atoms with van der Waals surface area (Å²) in [6, 6.07) is 6.19. The quantitative estimate of drug-likeness (QED) is 0.791. The van der Waals surface area contributed by atoms with Crippen LogP contribution < -0.4 is 10.6 Å². The number of rotatable bonds is 5. The first-order chi connectivity index (χ1) is 10.1. The fourth-order valence-electron chi connectivity index (χ4n) is 1.80. The first-order valence-electron chi connectivity index (χ1n) is 6.40. The number of hydrogen-bond acceptors (Lipinski definition) is 4. The van der Waals surface area contributed by atoms with Crippen molar-refractivity contribution in [2.75, 3.05) is 6.61 Å². The van der Waals surface area contributed by atoms with E-state index in [0.717, 1.165) is 16.1 Å². The van der Waals surface area contributed by atoms with E-state index < -0.39 is 6.04 Å². The molecule has 1 atom stereocenters. The smallest absolute Gasteiger partial charge is 0.315 e. The van der Waals surface area contributed by atoms with Crippen LogP contribution >= 0.6 is 22.9 Å². The summed E-state index contributed by atoms with van der Waals surface area (Å²) < 4.78 is 0. The molecule has 21 heavy (non-hydrogen) atoms. The zero-order valence-electron chi connectivity index (χ0n) is 11.5. The maximum absolute atomic E-state index is 11.9. The highest BCUT2D eigenvalue weighted by Crippen LogP contribution is 2.16. The predicted octanol–water partition coefficient (Wildman–Crippen LogP) is 2.64. The van der Waals surface area contributed by atoms with Crippen LogP contribution in [0, 0.1) is 6.92 Å². The normalized spacial score (nSPS) is 12.0. The van der Waals surface area contributed by atoms with Crippen LogP contribution in [0.4, 0.5) is 4.79 Å². The van der Waals surface area contributed by atoms with Crippen LogP contribution in [0.2, 0.25) is 5.02 Å². The highest BCUT2D eigenvalue weighted by Gasteiger charge is 2.13. The average molecular weight is 326 g/mol. The molecule has 0 aliphatic rings. The van der Waals surface area contributed by atoms with E-state index in [2.05, 4.69) is 15.6 Å². The first-order valence-corrected chi connectivity index (χ1v) is 7.65. The lowest BCUT2D eigenvalue weighted by atomic mass is 10.1. The van der Waals surface area contributed by atoms with Gasteiger partial charge in [0.15, 0.2) is 0 Å². The standard InChI is InChI=1S/C14H16ClN3O2S/c1-9-13(21-8-17-9)6-16-14(20)18-12(7-19)10-2-4-11(15)5-3-10/h2-5,8,12,19H,6-7H2,1H3,(H2,16,18,20). The number of aryl methyl sites for hydroxylation is 1. The lowest BCUT2D eigenvalue weighted by molar-refractivity contribution is 0.216. The van der Waals surface area contributed by atoms with Crippen molar-refractivity contribution in [2.24, 2.45) is 0 Å². The topological polar surface area (TPSA) is 74.2 Å². The average Bonchev–Trinajstić information content (AvgIpc) is 2.89. The summed E-state index contributed by atoms with van der Waals surface area (Å²) in [7, 11) is 0. The SMILES string of the molecule is Cc1ncsc1CNC(=O)NC(CO)c1ccc(Cl)cc1. The minimum Gasteiger partial charge on any atom is -0.394 e. The van der Waals surface area contributed by atoms with Crippen molar-refractivity contribution in [1.82, 2.24) is 15.6 Å². The number of aromatic nitrogens is 1. The van der Waals surface area contributed by atoms with Gasteiger partial charge in [-0.3, -0.25) is 0 Å². The number of thiazole rings is 1. The van der Waals surface area contributed by atoms with E-state index in [1.807, 2.05) is 6.92 Å². The number of carbonyl (C=O) groups is 1. The third-order valence-corrected chi connectivity index (χ3v) is 4.20. The number of carbonyl (C=O) groups excluding carboxylic acids is 1. The van der Waals surface area contributed by atoms with Crippen molar-refractivity contribution in [2.45, 2.75) is 19.5 Å². The molecule has 0 radical (unpaired) electrons. The van der Waals surface area contributed by atoms with Gasteiger partial charge in [-0.25, -0.2) is 9.78 Å². The number of amides is 2. The largest absolute Gasteiger partial charge is 0.394 e. The van der Waals surface area contributed by atoms with Gasteiger partial charge in [0, 0.05) is 9.90 Å². The molecule has 7 heteroatoms. The van der Waals surface area contributed by atoms with Crippen LogP contribution in [-0.4, -0.2) is 22.7 Å². The molecule has 3 N–H and O–H groups in total. The van der Waals surface area contributed by atoms with E-state index in [1.54, 1.807) is 29.8 Å². The molecule has 0 bridgehead atoms. The van der Waals surface area contributed by atoms with Crippen molar-refractivity contribution in [3.05, 3.63) is 50.9 Å². The third kappa shape index (κ3) is 4.42. The van der Waals surface area contributed by atoms with E-state index in [4.69, 9.17) is 11.6 Å². The Balaban J connectivity index is 1.90. The summed E-state index contributed by atoms with van der Waals surface area (Å²) in [6.45, 7) is 2.13. The minimum absolute atomic E-state index is 0.186. The molecule has 2 rings (SSSR count). The Labute approximate surface area is 132 Å². The summed E-state index contributed by atoms with van der Waals surface area (Å²) in [5.74, 6) is 0. The molecule has 0 saturated carbocycles. The Morgan fingerprint density at radius 2 is 2.14 bits per heavy atom. The van der Waals surface area contributed by atoms with Gasteiger partial charge in [-0.1, -0.05) is 23.7 Å². The van der Waals surface area contributed by atoms with E-state index in [1.165, 1.54) is 11.3 Å². The number of nitrogens with zero attached hydrogens (tertiary/aromatic N) is 1. The number of aliphatic hydroxyl groups is 1. The van der Waals surface area contributed by atoms with Crippen LogP contribution in [0.15, 0.2) is 29.8 Å². The maximum Gasteiger partial charge on any atom is 0.315 e. The number of aliphatic hydroxyl groups excluding tert-OH is 1. The van der Waals surface area contributed by atoms with Crippen molar-refractivity contribution in [3.8, 4) is 0 Å². The molecule has 1 unspecified atom stereocenters. The Kier molecular flexibility index (Phi) is 5.55. The maximum atomic E-state index is 11.9. The molecule has 0 fully saturated rings. The number of hydrogen-bond donors (Lipinski definition) is 3. The highest BCUT2D eigenvalue weighted by molar-refractivity contribution is 7.09. The molecular weight excluding hydrogens is 310 g/mol. The molecule has 0 aliphatic carbocycles. The Morgan fingerprint density at radius 1 is 1.43 bits per heavy atom. The molecule has 0 spiro atoms. The first kappa shape index (κ1) is 15.8. The summed E-state index contributed by atoms with van der Waals surface area (Å²) in [6.07, 6.45) is 0. The molecule has 1 aromatic heterocycles. The lowest BCUT2D eigenvalue weighted by Gasteiger charge is -2.17. The van der Waals surface area contributed by atoms with Crippen LogP contribution in [0.25, 0.3) is 0 Å². The molecule has 2 aromatic rings. The monoisotopic (exact) mass is 325 g/mol. The lowest BCUT2D eigenvalue weighted by Crippen LogP contribution is -2.38. The number of halogens is 1. The van der Waals surface area contributed by atoms with Crippen molar-refractivity contribution in [3.63, 3.8) is 0 Å². The summed E-state index contributed by atoms with van der Waals surface area (Å²) >= 11 is 7.32. The molecular formula is C14H16ClN3O2S. The highest BCUT2D eigenvalue weighted by atomic mass is 35.5. The molecule has 112 valence electrons. The predicted molar refractivity (Wildman–Crippen MR) is 83.5 cm³/mol. The van der Waals surface area contributed by atoms with E-state index >= 15 is 0 Å². The van der Waals surface area contributed by atoms with Gasteiger partial charge in [-0.15, -0.1) is 11.3 Å². The Morgan fingerprint density at radius 3 is 2.71 bits per heavy atom. The Hall–Kier alpha value is -1.63. The van der Waals surface area contributed by atoms with E-state index in [9.17, 15) is 9.90 Å². The number of nitrogens with one attached hydrogen (secondary N) is 2. The zero-order valence-corrected chi connectivity index (χ0v) is 13.0. The third-order valence-electron chi connectivity index (χ3n) is 3.01. The second-order valence-electron chi connectivity index (χ2n) is 4.47. The van der Waals surface area contributed by atoms with Gasteiger partial charge in [0.05, 0.1) is 30.4 Å². The molecule has 1 heterocycles. The Bertz CT molecular complexity index is 601. The van der Waals surface area contributed by atoms with E-state index in [-0.39, 0.29) is 12.6 Å². The van der Waals surface area contributed by atoms with Crippen LogP contribution in [0.5, 0.6) is 0 Å². The van der Waals surface area contributed by atoms with Crippen molar-refractivity contribution >= 4 is 29.0 Å². The summed E-state index contributed by atoms with van der Waals surface area (Å²) in [4.78, 5) is 17.0. The van der Waals surface area contributed by atoms with Gasteiger partial charge < -0.3 is 15.7 Å². The second kappa shape index (κ2) is 7.40. The second-order valence-corrected chi connectivity index (χ2v) is 5.85. The van der Waals surface area contributed by atoms with Gasteiger partial charge in [0.25, 0.3) is 0 Å². The van der Waals surface area contributed by atoms with Crippen LogP contribution in [0.1, 0.15) is 22.2 Å². The number of urea groups is 1. The van der Waals surface area contributed by atoms with E-state index in [0.29, 0.717) is 11.6 Å². The van der Waals surface area contributed by atoms with Crippen LogP contribution in [0.3, 0.4) is 0 Å². The minimum atomic E-state index is -0.468. The zero-order chi connectivity index (χ0) is 15.2. The van der Waals surface area contributed by atoms with Gasteiger partial charge in [-0.05, 0) is 24.6 Å².